The lowest BCUT2D eigenvalue weighted by atomic mass is 9.96. The zero-order valence-corrected chi connectivity index (χ0v) is 14.1. The lowest BCUT2D eigenvalue weighted by Gasteiger charge is -2.31. The van der Waals surface area contributed by atoms with E-state index in [1.165, 1.54) is 11.3 Å². The van der Waals surface area contributed by atoms with Gasteiger partial charge >= 0.3 is 0 Å². The van der Waals surface area contributed by atoms with E-state index in [9.17, 15) is 9.59 Å². The highest BCUT2D eigenvalue weighted by atomic mass is 32.1. The van der Waals surface area contributed by atoms with E-state index in [1.54, 1.807) is 24.5 Å². The standard InChI is InChI=1S/C18H20N2O3S/c21-17(6-5-15-3-1-11-23-15)20-9-7-14(8-10-20)13-19-18(22)16-4-2-12-24-16/h1-6,11-12,14H,7-10,13H2,(H,19,22). The molecule has 3 heterocycles. The summed E-state index contributed by atoms with van der Waals surface area (Å²) in [5.74, 6) is 1.10. The molecule has 1 saturated heterocycles. The molecule has 24 heavy (non-hydrogen) atoms. The normalized spacial score (nSPS) is 15.8. The van der Waals surface area contributed by atoms with E-state index >= 15 is 0 Å². The third-order valence-corrected chi connectivity index (χ3v) is 5.02. The van der Waals surface area contributed by atoms with Crippen LogP contribution in [0.15, 0.2) is 46.4 Å². The van der Waals surface area contributed by atoms with Crippen LogP contribution in [0.3, 0.4) is 0 Å². The minimum atomic E-state index is -0.00936. The number of amides is 2. The number of likely N-dealkylation sites (tertiary alicyclic amines) is 1. The molecule has 1 aliphatic rings. The van der Waals surface area contributed by atoms with Crippen LogP contribution in [0.1, 0.15) is 28.3 Å². The van der Waals surface area contributed by atoms with Gasteiger partial charge in [0.2, 0.25) is 5.91 Å². The molecule has 1 N–H and O–H groups in total. The van der Waals surface area contributed by atoms with Crippen molar-refractivity contribution in [1.29, 1.82) is 0 Å². The smallest absolute Gasteiger partial charge is 0.261 e. The van der Waals surface area contributed by atoms with Gasteiger partial charge in [-0.15, -0.1) is 11.3 Å². The number of nitrogens with zero attached hydrogens (tertiary/aromatic N) is 1. The van der Waals surface area contributed by atoms with Crippen molar-refractivity contribution in [3.8, 4) is 0 Å². The lowest BCUT2D eigenvalue weighted by Crippen LogP contribution is -2.40. The van der Waals surface area contributed by atoms with Crippen molar-refractivity contribution >= 4 is 29.2 Å². The predicted octanol–water partition coefficient (Wildman–Crippen LogP) is 3.02. The number of hydrogen-bond donors (Lipinski definition) is 1. The third-order valence-electron chi connectivity index (χ3n) is 4.16. The molecule has 126 valence electrons. The summed E-state index contributed by atoms with van der Waals surface area (Å²) < 4.78 is 5.18. The minimum Gasteiger partial charge on any atom is -0.465 e. The van der Waals surface area contributed by atoms with E-state index in [1.807, 2.05) is 28.5 Å². The first-order valence-electron chi connectivity index (χ1n) is 8.04. The van der Waals surface area contributed by atoms with Crippen LogP contribution in [0.2, 0.25) is 0 Å². The van der Waals surface area contributed by atoms with Gasteiger partial charge in [-0.1, -0.05) is 6.07 Å². The summed E-state index contributed by atoms with van der Waals surface area (Å²) in [6.07, 6.45) is 6.64. The number of carbonyl (C=O) groups excluding carboxylic acids is 2. The number of rotatable bonds is 5. The summed E-state index contributed by atoms with van der Waals surface area (Å²) >= 11 is 1.45. The Morgan fingerprint density at radius 3 is 2.79 bits per heavy atom. The van der Waals surface area contributed by atoms with Crippen molar-refractivity contribution in [2.75, 3.05) is 19.6 Å². The average Bonchev–Trinajstić information content (AvgIpc) is 3.31. The van der Waals surface area contributed by atoms with Crippen molar-refractivity contribution in [1.82, 2.24) is 10.2 Å². The van der Waals surface area contributed by atoms with E-state index in [0.29, 0.717) is 18.2 Å². The van der Waals surface area contributed by atoms with Gasteiger partial charge in [0.25, 0.3) is 5.91 Å². The maximum atomic E-state index is 12.2. The second kappa shape index (κ2) is 7.97. The molecule has 0 bridgehead atoms. The largest absolute Gasteiger partial charge is 0.465 e. The van der Waals surface area contributed by atoms with Crippen LogP contribution in [-0.4, -0.2) is 36.3 Å². The highest BCUT2D eigenvalue weighted by Crippen LogP contribution is 2.17. The maximum absolute atomic E-state index is 12.2. The van der Waals surface area contributed by atoms with Gasteiger partial charge in [0.15, 0.2) is 0 Å². The van der Waals surface area contributed by atoms with Crippen molar-refractivity contribution in [3.63, 3.8) is 0 Å². The zero-order valence-electron chi connectivity index (χ0n) is 13.3. The fraction of sp³-hybridized carbons (Fsp3) is 0.333. The number of piperidine rings is 1. The number of thiophene rings is 1. The maximum Gasteiger partial charge on any atom is 0.261 e. The monoisotopic (exact) mass is 344 g/mol. The Morgan fingerprint density at radius 2 is 2.12 bits per heavy atom. The van der Waals surface area contributed by atoms with Gasteiger partial charge in [-0.25, -0.2) is 0 Å². The van der Waals surface area contributed by atoms with Gasteiger partial charge in [-0.05, 0) is 48.4 Å². The second-order valence-electron chi connectivity index (χ2n) is 5.80. The zero-order chi connectivity index (χ0) is 16.8. The van der Waals surface area contributed by atoms with Gasteiger partial charge < -0.3 is 14.6 Å². The summed E-state index contributed by atoms with van der Waals surface area (Å²) in [6, 6.07) is 7.30. The highest BCUT2D eigenvalue weighted by molar-refractivity contribution is 7.12. The molecule has 0 aromatic carbocycles. The summed E-state index contributed by atoms with van der Waals surface area (Å²) in [5, 5.41) is 4.88. The molecule has 6 heteroatoms. The molecule has 0 aliphatic carbocycles. The summed E-state index contributed by atoms with van der Waals surface area (Å²) in [4.78, 5) is 26.7. The van der Waals surface area contributed by atoms with Crippen molar-refractivity contribution in [2.45, 2.75) is 12.8 Å². The van der Waals surface area contributed by atoms with Crippen LogP contribution in [0.4, 0.5) is 0 Å². The predicted molar refractivity (Wildman–Crippen MR) is 93.7 cm³/mol. The highest BCUT2D eigenvalue weighted by Gasteiger charge is 2.22. The molecule has 0 saturated carbocycles. The van der Waals surface area contributed by atoms with Gasteiger partial charge in [-0.3, -0.25) is 9.59 Å². The summed E-state index contributed by atoms with van der Waals surface area (Å²) in [5.41, 5.74) is 0. The first-order valence-corrected chi connectivity index (χ1v) is 8.92. The molecule has 1 aliphatic heterocycles. The Bertz CT molecular complexity index is 684. The van der Waals surface area contributed by atoms with Gasteiger partial charge in [0.05, 0.1) is 11.1 Å². The molecule has 0 unspecified atom stereocenters. The quantitative estimate of drug-likeness (QED) is 0.848. The molecule has 1 fully saturated rings. The molecular weight excluding hydrogens is 324 g/mol. The molecule has 0 spiro atoms. The summed E-state index contributed by atoms with van der Waals surface area (Å²) in [7, 11) is 0. The molecule has 2 amide bonds. The Morgan fingerprint density at radius 1 is 1.29 bits per heavy atom. The van der Waals surface area contributed by atoms with E-state index in [0.717, 1.165) is 30.8 Å². The molecule has 2 aromatic rings. The topological polar surface area (TPSA) is 62.6 Å². The summed E-state index contributed by atoms with van der Waals surface area (Å²) in [6.45, 7) is 2.11. The molecule has 0 atom stereocenters. The number of furan rings is 1. The molecule has 3 rings (SSSR count). The second-order valence-corrected chi connectivity index (χ2v) is 6.75. The first kappa shape index (κ1) is 16.5. The number of carbonyl (C=O) groups is 2. The first-order chi connectivity index (χ1) is 11.7. The van der Waals surface area contributed by atoms with E-state index in [2.05, 4.69) is 5.32 Å². The van der Waals surface area contributed by atoms with Crippen molar-refractivity contribution in [3.05, 3.63) is 52.6 Å². The van der Waals surface area contributed by atoms with E-state index in [-0.39, 0.29) is 11.8 Å². The fourth-order valence-corrected chi connectivity index (χ4v) is 3.37. The van der Waals surface area contributed by atoms with Crippen LogP contribution in [0, 0.1) is 5.92 Å². The van der Waals surface area contributed by atoms with Gasteiger partial charge in [0.1, 0.15) is 5.76 Å². The van der Waals surface area contributed by atoms with Crippen LogP contribution < -0.4 is 5.32 Å². The minimum absolute atomic E-state index is 0.00692. The Kier molecular flexibility index (Phi) is 5.48. The number of nitrogens with one attached hydrogen (secondary N) is 1. The number of hydrogen-bond acceptors (Lipinski definition) is 4. The fourth-order valence-electron chi connectivity index (χ4n) is 2.73. The van der Waals surface area contributed by atoms with Crippen LogP contribution >= 0.6 is 11.3 Å². The molecular formula is C18H20N2O3S. The molecule has 5 nitrogen and oxygen atoms in total. The lowest BCUT2D eigenvalue weighted by molar-refractivity contribution is -0.127. The SMILES string of the molecule is O=C(NCC1CCN(C(=O)C=Cc2ccco2)CC1)c1cccs1. The van der Waals surface area contributed by atoms with Crippen LogP contribution in [-0.2, 0) is 4.79 Å². The Hall–Kier alpha value is -2.34. The molecule has 2 aromatic heterocycles. The van der Waals surface area contributed by atoms with Gasteiger partial charge in [-0.2, -0.15) is 0 Å². The van der Waals surface area contributed by atoms with E-state index in [4.69, 9.17) is 4.42 Å². The average molecular weight is 344 g/mol. The Labute approximate surface area is 145 Å². The van der Waals surface area contributed by atoms with Crippen molar-refractivity contribution < 1.29 is 14.0 Å². The van der Waals surface area contributed by atoms with Crippen LogP contribution in [0.5, 0.6) is 0 Å². The van der Waals surface area contributed by atoms with E-state index < -0.39 is 0 Å². The Balaban J connectivity index is 1.40. The van der Waals surface area contributed by atoms with Crippen LogP contribution in [0.25, 0.3) is 6.08 Å². The molecule has 0 radical (unpaired) electrons. The van der Waals surface area contributed by atoms with Crippen molar-refractivity contribution in [2.24, 2.45) is 5.92 Å². The third kappa shape index (κ3) is 4.35. The van der Waals surface area contributed by atoms with Gasteiger partial charge in [0, 0.05) is 25.7 Å².